The molecule has 36 heavy (non-hydrogen) atoms. The second-order valence-electron chi connectivity index (χ2n) is 7.71. The maximum Gasteiger partial charge on any atom is 0.403 e. The van der Waals surface area contributed by atoms with E-state index < -0.39 is 29.2 Å². The zero-order valence-corrected chi connectivity index (χ0v) is 19.8. The molecule has 0 aliphatic rings. The van der Waals surface area contributed by atoms with Crippen LogP contribution in [0.15, 0.2) is 84.8 Å². The van der Waals surface area contributed by atoms with Crippen molar-refractivity contribution in [3.05, 3.63) is 90.6 Å². The van der Waals surface area contributed by atoms with E-state index in [1.807, 2.05) is 30.3 Å². The van der Waals surface area contributed by atoms with Crippen LogP contribution in [0.5, 0.6) is 5.75 Å². The molecule has 182 valence electrons. The zero-order valence-electron chi connectivity index (χ0n) is 19.8. The number of fused-ring (bicyclic) bond motifs is 1. The summed E-state index contributed by atoms with van der Waals surface area (Å²) in [6.07, 6.45) is 1.43. The Balaban J connectivity index is 2.24. The molecule has 4 rings (SSSR count). The Bertz CT molecular complexity index is 1480. The number of carbonyl (C=O) groups is 2. The molecule has 3 aromatic carbocycles. The first-order valence-electron chi connectivity index (χ1n) is 10.9. The predicted octanol–water partition coefficient (Wildman–Crippen LogP) is 3.48. The van der Waals surface area contributed by atoms with Gasteiger partial charge in [-0.05, 0) is 42.0 Å². The van der Waals surface area contributed by atoms with E-state index in [0.29, 0.717) is 33.3 Å². The third kappa shape index (κ3) is 4.48. The fraction of sp³-hybridized carbons (Fsp3) is 0.107. The third-order valence-electron chi connectivity index (χ3n) is 5.66. The van der Waals surface area contributed by atoms with Crippen LogP contribution < -0.4 is 14.4 Å². The number of methoxy groups -OCH3 is 3. The van der Waals surface area contributed by atoms with Crippen LogP contribution in [0.3, 0.4) is 0 Å². The Morgan fingerprint density at radius 3 is 2.11 bits per heavy atom. The lowest BCUT2D eigenvalue weighted by molar-refractivity contribution is -0.569. The molecule has 0 spiro atoms. The number of carbonyl (C=O) groups excluding carboxylic acids is 2. The van der Waals surface area contributed by atoms with Gasteiger partial charge in [0.15, 0.2) is 6.20 Å². The van der Waals surface area contributed by atoms with E-state index in [1.54, 1.807) is 30.3 Å². The minimum Gasteiger partial charge on any atom is -0.863 e. The Labute approximate surface area is 206 Å². The number of hydrogen-bond acceptors (Lipinski definition) is 6. The van der Waals surface area contributed by atoms with Crippen LogP contribution in [0, 0.1) is 5.82 Å². The number of rotatable bonds is 6. The van der Waals surface area contributed by atoms with Crippen LogP contribution in [-0.4, -0.2) is 33.3 Å². The molecular weight excluding hydrogens is 465 g/mol. The largest absolute Gasteiger partial charge is 0.863 e. The number of ether oxygens (including phenoxy) is 3. The fourth-order valence-corrected chi connectivity index (χ4v) is 4.01. The van der Waals surface area contributed by atoms with Gasteiger partial charge < -0.3 is 19.3 Å². The number of esters is 2. The van der Waals surface area contributed by atoms with Gasteiger partial charge in [-0.15, -0.1) is 0 Å². The summed E-state index contributed by atoms with van der Waals surface area (Å²) in [6, 6.07) is 20.4. The average molecular weight is 487 g/mol. The number of halogens is 1. The van der Waals surface area contributed by atoms with Crippen molar-refractivity contribution >= 4 is 28.4 Å². The molecular formula is C28H22FNO6. The van der Waals surface area contributed by atoms with Gasteiger partial charge in [-0.2, -0.15) is 4.57 Å². The average Bonchev–Trinajstić information content (AvgIpc) is 2.92. The van der Waals surface area contributed by atoms with Gasteiger partial charge in [0.1, 0.15) is 11.6 Å². The SMILES string of the molecule is COC(=O)/C([O-])=C(\C(=O)OC)[n+]1cc2cc(F)ccc2c(-c2ccccc2)c1-c1ccc(OC)cc1. The molecule has 1 aromatic heterocycles. The summed E-state index contributed by atoms with van der Waals surface area (Å²) in [4.78, 5) is 25.2. The predicted molar refractivity (Wildman–Crippen MR) is 129 cm³/mol. The Kier molecular flexibility index (Phi) is 6.96. The normalized spacial score (nSPS) is 11.6. The van der Waals surface area contributed by atoms with E-state index in [0.717, 1.165) is 19.8 Å². The number of nitrogens with zero attached hydrogens (tertiary/aromatic N) is 1. The van der Waals surface area contributed by atoms with Crippen molar-refractivity contribution in [1.82, 2.24) is 0 Å². The van der Waals surface area contributed by atoms with E-state index >= 15 is 0 Å². The summed E-state index contributed by atoms with van der Waals surface area (Å²) >= 11 is 0. The van der Waals surface area contributed by atoms with Crippen LogP contribution in [-0.2, 0) is 19.1 Å². The summed E-state index contributed by atoms with van der Waals surface area (Å²) in [6.45, 7) is 0. The highest BCUT2D eigenvalue weighted by Crippen LogP contribution is 2.37. The van der Waals surface area contributed by atoms with Gasteiger partial charge in [-0.1, -0.05) is 36.4 Å². The molecule has 0 bridgehead atoms. The molecule has 8 heteroatoms. The molecule has 0 aliphatic carbocycles. The first-order valence-corrected chi connectivity index (χ1v) is 10.9. The van der Waals surface area contributed by atoms with E-state index in [9.17, 15) is 19.1 Å². The van der Waals surface area contributed by atoms with Crippen LogP contribution in [0.2, 0.25) is 0 Å². The first kappa shape index (κ1) is 24.4. The van der Waals surface area contributed by atoms with Crippen molar-refractivity contribution in [2.24, 2.45) is 0 Å². The highest BCUT2D eigenvalue weighted by atomic mass is 19.1. The highest BCUT2D eigenvalue weighted by Gasteiger charge is 2.33. The van der Waals surface area contributed by atoms with Crippen molar-refractivity contribution in [3.8, 4) is 28.1 Å². The quantitative estimate of drug-likeness (QED) is 0.179. The van der Waals surface area contributed by atoms with Crippen LogP contribution in [0.4, 0.5) is 4.39 Å². The molecule has 7 nitrogen and oxygen atoms in total. The van der Waals surface area contributed by atoms with Crippen molar-refractivity contribution in [3.63, 3.8) is 0 Å². The van der Waals surface area contributed by atoms with Crippen LogP contribution in [0.25, 0.3) is 38.9 Å². The molecule has 0 saturated heterocycles. The Morgan fingerprint density at radius 2 is 1.50 bits per heavy atom. The number of pyridine rings is 1. The lowest BCUT2D eigenvalue weighted by Gasteiger charge is -2.17. The summed E-state index contributed by atoms with van der Waals surface area (Å²) in [5, 5.41) is 14.1. The van der Waals surface area contributed by atoms with Crippen molar-refractivity contribution in [2.75, 3.05) is 21.3 Å². The van der Waals surface area contributed by atoms with Crippen molar-refractivity contribution in [2.45, 2.75) is 0 Å². The summed E-state index contributed by atoms with van der Waals surface area (Å²) in [7, 11) is 3.67. The third-order valence-corrected chi connectivity index (χ3v) is 5.66. The van der Waals surface area contributed by atoms with Gasteiger partial charge in [0.05, 0.1) is 32.7 Å². The number of benzene rings is 3. The highest BCUT2D eigenvalue weighted by molar-refractivity contribution is 6.13. The topological polar surface area (TPSA) is 88.8 Å². The molecule has 0 fully saturated rings. The second kappa shape index (κ2) is 10.3. The maximum absolute atomic E-state index is 14.3. The fourth-order valence-electron chi connectivity index (χ4n) is 4.01. The molecule has 4 aromatic rings. The molecule has 0 aliphatic heterocycles. The maximum atomic E-state index is 14.3. The van der Waals surface area contributed by atoms with Crippen LogP contribution in [0.1, 0.15) is 0 Å². The lowest BCUT2D eigenvalue weighted by atomic mass is 9.93. The first-order chi connectivity index (χ1) is 17.4. The number of hydrogen-bond donors (Lipinski definition) is 0. The molecule has 0 atom stereocenters. The number of aromatic nitrogens is 1. The second-order valence-corrected chi connectivity index (χ2v) is 7.71. The van der Waals surface area contributed by atoms with Gasteiger partial charge in [-0.25, -0.2) is 14.0 Å². The Morgan fingerprint density at radius 1 is 0.833 bits per heavy atom. The Hall–Kier alpha value is -4.72. The zero-order chi connectivity index (χ0) is 25.8. The summed E-state index contributed by atoms with van der Waals surface area (Å²) < 4.78 is 30.3. The van der Waals surface area contributed by atoms with E-state index in [2.05, 4.69) is 4.74 Å². The van der Waals surface area contributed by atoms with Crippen LogP contribution >= 0.6 is 0 Å². The molecule has 0 unspecified atom stereocenters. The molecule has 1 heterocycles. The minimum absolute atomic E-state index is 0.394. The van der Waals surface area contributed by atoms with Gasteiger partial charge in [0, 0.05) is 16.3 Å². The van der Waals surface area contributed by atoms with Crippen molar-refractivity contribution < 1.29 is 37.9 Å². The van der Waals surface area contributed by atoms with Gasteiger partial charge in [0.2, 0.25) is 5.69 Å². The summed E-state index contributed by atoms with van der Waals surface area (Å²) in [5.41, 5.74) is 1.75. The van der Waals surface area contributed by atoms with Gasteiger partial charge in [-0.3, -0.25) is 0 Å². The van der Waals surface area contributed by atoms with E-state index in [4.69, 9.17) is 9.47 Å². The molecule has 0 N–H and O–H groups in total. The lowest BCUT2D eigenvalue weighted by Crippen LogP contribution is -2.43. The standard InChI is InChI=1S/C28H22FNO6/c1-34-21-12-9-18(10-13-21)24-23(17-7-5-4-6-8-17)22-14-11-20(29)15-19(22)16-30(24)25(27(32)35-2)26(31)28(33)36-3/h4-16H,1-3H3. The van der Waals surface area contributed by atoms with Crippen molar-refractivity contribution in [1.29, 1.82) is 0 Å². The summed E-state index contributed by atoms with van der Waals surface area (Å²) in [5.74, 6) is -3.43. The van der Waals surface area contributed by atoms with Gasteiger partial charge in [0.25, 0.3) is 5.70 Å². The minimum atomic E-state index is -1.25. The van der Waals surface area contributed by atoms with E-state index in [-0.39, 0.29) is 0 Å². The monoisotopic (exact) mass is 487 g/mol. The van der Waals surface area contributed by atoms with E-state index in [1.165, 1.54) is 30.0 Å². The van der Waals surface area contributed by atoms with Gasteiger partial charge >= 0.3 is 11.9 Å². The molecule has 0 saturated carbocycles. The smallest absolute Gasteiger partial charge is 0.403 e. The molecule has 0 amide bonds. The molecule has 0 radical (unpaired) electrons.